The summed E-state index contributed by atoms with van der Waals surface area (Å²) in [5.74, 6) is 0.450. The van der Waals surface area contributed by atoms with Crippen LogP contribution < -0.4 is 15.2 Å². The van der Waals surface area contributed by atoms with Gasteiger partial charge in [-0.05, 0) is 12.1 Å². The van der Waals surface area contributed by atoms with E-state index in [1.54, 1.807) is 7.05 Å². The molecular weight excluding hydrogens is 287 g/mol. The van der Waals surface area contributed by atoms with Gasteiger partial charge in [0.25, 0.3) is 0 Å². The normalized spacial score (nSPS) is 14.3. The number of hydrogen-bond acceptors (Lipinski definition) is 4. The third-order valence-corrected chi connectivity index (χ3v) is 3.27. The number of aromatic nitrogens is 2. The molecule has 0 spiro atoms. The molecule has 0 saturated carbocycles. The monoisotopic (exact) mass is 299 g/mol. The van der Waals surface area contributed by atoms with Crippen LogP contribution in [0.3, 0.4) is 0 Å². The number of nitrogens with zero attached hydrogens (tertiary/aromatic N) is 2. The Kier molecular flexibility index (Phi) is 2.96. The smallest absolute Gasteiger partial charge is 0.417 e. The largest absolute Gasteiger partial charge is 0.486 e. The van der Waals surface area contributed by atoms with Gasteiger partial charge in [0.15, 0.2) is 11.5 Å². The summed E-state index contributed by atoms with van der Waals surface area (Å²) in [6, 6.07) is 2.22. The number of ether oxygens (including phenoxy) is 2. The van der Waals surface area contributed by atoms with E-state index < -0.39 is 11.7 Å². The third-order valence-electron chi connectivity index (χ3n) is 3.27. The maximum absolute atomic E-state index is 13.3. The van der Waals surface area contributed by atoms with Gasteiger partial charge in [-0.3, -0.25) is 4.68 Å². The molecule has 0 unspecified atom stereocenters. The summed E-state index contributed by atoms with van der Waals surface area (Å²) < 4.78 is 51.9. The van der Waals surface area contributed by atoms with Gasteiger partial charge in [-0.2, -0.15) is 18.3 Å². The van der Waals surface area contributed by atoms with Gasteiger partial charge in [0.1, 0.15) is 19.0 Å². The Morgan fingerprint density at radius 3 is 2.57 bits per heavy atom. The Balaban J connectivity index is 2.32. The molecule has 8 heteroatoms. The van der Waals surface area contributed by atoms with E-state index in [-0.39, 0.29) is 35.1 Å². The predicted octanol–water partition coefficient (Wildman–Crippen LogP) is 2.46. The zero-order chi connectivity index (χ0) is 15.2. The molecule has 1 aliphatic rings. The highest BCUT2D eigenvalue weighted by molar-refractivity contribution is 5.83. The lowest BCUT2D eigenvalue weighted by Crippen LogP contribution is -2.18. The second-order valence-corrected chi connectivity index (χ2v) is 4.58. The van der Waals surface area contributed by atoms with E-state index in [9.17, 15) is 13.2 Å². The lowest BCUT2D eigenvalue weighted by atomic mass is 9.99. The Bertz CT molecular complexity index is 695. The quantitative estimate of drug-likeness (QED) is 0.878. The van der Waals surface area contributed by atoms with Crippen molar-refractivity contribution in [3.63, 3.8) is 0 Å². The van der Waals surface area contributed by atoms with E-state index in [2.05, 4.69) is 5.10 Å². The van der Waals surface area contributed by atoms with Crippen LogP contribution in [0.1, 0.15) is 5.56 Å². The fraction of sp³-hybridized carbons (Fsp3) is 0.308. The molecule has 0 amide bonds. The number of anilines is 1. The molecule has 0 atom stereocenters. The first-order valence-electron chi connectivity index (χ1n) is 6.17. The topological polar surface area (TPSA) is 62.3 Å². The van der Waals surface area contributed by atoms with E-state index in [0.29, 0.717) is 6.61 Å². The molecule has 0 fully saturated rings. The van der Waals surface area contributed by atoms with Crippen LogP contribution in [0.15, 0.2) is 18.3 Å². The first-order chi connectivity index (χ1) is 9.89. The number of rotatable bonds is 1. The van der Waals surface area contributed by atoms with Crippen LogP contribution >= 0.6 is 0 Å². The van der Waals surface area contributed by atoms with Crippen molar-refractivity contribution in [1.29, 1.82) is 0 Å². The van der Waals surface area contributed by atoms with E-state index in [1.165, 1.54) is 16.9 Å². The average Bonchev–Trinajstić information content (AvgIpc) is 2.76. The summed E-state index contributed by atoms with van der Waals surface area (Å²) in [4.78, 5) is 0. The van der Waals surface area contributed by atoms with Gasteiger partial charge in [-0.15, -0.1) is 0 Å². The predicted molar refractivity (Wildman–Crippen MR) is 69.0 cm³/mol. The fourth-order valence-electron chi connectivity index (χ4n) is 2.26. The van der Waals surface area contributed by atoms with Gasteiger partial charge in [0, 0.05) is 18.2 Å². The number of nitrogen functional groups attached to an aromatic ring is 1. The summed E-state index contributed by atoms with van der Waals surface area (Å²) in [6.45, 7) is 0.474. The summed E-state index contributed by atoms with van der Waals surface area (Å²) in [5, 5.41) is 3.89. The highest BCUT2D eigenvalue weighted by Gasteiger charge is 2.38. The van der Waals surface area contributed by atoms with Gasteiger partial charge in [-0.1, -0.05) is 0 Å². The second kappa shape index (κ2) is 4.57. The second-order valence-electron chi connectivity index (χ2n) is 4.58. The van der Waals surface area contributed by atoms with Crippen molar-refractivity contribution >= 4 is 5.82 Å². The van der Waals surface area contributed by atoms with E-state index >= 15 is 0 Å². The maximum Gasteiger partial charge on any atom is 0.417 e. The van der Waals surface area contributed by atoms with Gasteiger partial charge < -0.3 is 15.2 Å². The standard InChI is InChI=1S/C13H12F3N3O2/c1-19-12(17)7(6-18-19)10-8(13(14,15)16)2-3-9-11(10)21-5-4-20-9/h2-3,6H,4-5,17H2,1H3. The minimum atomic E-state index is -4.53. The van der Waals surface area contributed by atoms with Crippen molar-refractivity contribution in [2.75, 3.05) is 18.9 Å². The van der Waals surface area contributed by atoms with Crippen molar-refractivity contribution in [1.82, 2.24) is 9.78 Å². The Morgan fingerprint density at radius 1 is 1.24 bits per heavy atom. The molecule has 0 aliphatic carbocycles. The van der Waals surface area contributed by atoms with Crippen LogP contribution in [0.2, 0.25) is 0 Å². The Morgan fingerprint density at radius 2 is 1.95 bits per heavy atom. The number of halogens is 3. The number of alkyl halides is 3. The molecule has 2 heterocycles. The lowest BCUT2D eigenvalue weighted by molar-refractivity contribution is -0.137. The maximum atomic E-state index is 13.3. The highest BCUT2D eigenvalue weighted by atomic mass is 19.4. The molecule has 0 radical (unpaired) electrons. The van der Waals surface area contributed by atoms with E-state index in [1.807, 2.05) is 0 Å². The fourth-order valence-corrected chi connectivity index (χ4v) is 2.26. The molecule has 2 aromatic rings. The lowest BCUT2D eigenvalue weighted by Gasteiger charge is -2.23. The van der Waals surface area contributed by atoms with Crippen LogP contribution in [0.5, 0.6) is 11.5 Å². The first kappa shape index (κ1) is 13.6. The van der Waals surface area contributed by atoms with Gasteiger partial charge >= 0.3 is 6.18 Å². The first-order valence-corrected chi connectivity index (χ1v) is 6.17. The molecule has 5 nitrogen and oxygen atoms in total. The number of aryl methyl sites for hydroxylation is 1. The molecule has 112 valence electrons. The van der Waals surface area contributed by atoms with E-state index in [0.717, 1.165) is 6.07 Å². The van der Waals surface area contributed by atoms with Gasteiger partial charge in [-0.25, -0.2) is 0 Å². The van der Waals surface area contributed by atoms with Crippen molar-refractivity contribution in [3.8, 4) is 22.6 Å². The van der Waals surface area contributed by atoms with Crippen LogP contribution in [-0.2, 0) is 13.2 Å². The molecule has 1 aromatic heterocycles. The van der Waals surface area contributed by atoms with Crippen LogP contribution in [0.4, 0.5) is 19.0 Å². The molecule has 2 N–H and O–H groups in total. The minimum Gasteiger partial charge on any atom is -0.486 e. The molecule has 0 saturated heterocycles. The van der Waals surface area contributed by atoms with Crippen molar-refractivity contribution in [2.24, 2.45) is 7.05 Å². The SMILES string of the molecule is Cn1ncc(-c2c(C(F)(F)F)ccc3c2OCCO3)c1N. The molecule has 21 heavy (non-hydrogen) atoms. The Labute approximate surface area is 118 Å². The van der Waals surface area contributed by atoms with Gasteiger partial charge in [0.2, 0.25) is 0 Å². The highest BCUT2D eigenvalue weighted by Crippen LogP contribution is 2.48. The molecular formula is C13H12F3N3O2. The van der Waals surface area contributed by atoms with Gasteiger partial charge in [0.05, 0.1) is 11.8 Å². The summed E-state index contributed by atoms with van der Waals surface area (Å²) >= 11 is 0. The van der Waals surface area contributed by atoms with Crippen molar-refractivity contribution < 1.29 is 22.6 Å². The number of nitrogens with two attached hydrogens (primary N) is 1. The van der Waals surface area contributed by atoms with Crippen LogP contribution in [0, 0.1) is 0 Å². The zero-order valence-electron chi connectivity index (χ0n) is 11.1. The number of fused-ring (bicyclic) bond motifs is 1. The minimum absolute atomic E-state index is 0.0516. The van der Waals surface area contributed by atoms with Crippen LogP contribution in [0.25, 0.3) is 11.1 Å². The molecule has 0 bridgehead atoms. The van der Waals surface area contributed by atoms with Crippen LogP contribution in [-0.4, -0.2) is 23.0 Å². The summed E-state index contributed by atoms with van der Waals surface area (Å²) in [5.41, 5.74) is 5.03. The van der Waals surface area contributed by atoms with Crippen molar-refractivity contribution in [2.45, 2.75) is 6.18 Å². The Hall–Kier alpha value is -2.38. The number of benzene rings is 1. The van der Waals surface area contributed by atoms with E-state index in [4.69, 9.17) is 15.2 Å². The molecule has 3 rings (SSSR count). The van der Waals surface area contributed by atoms with Crippen molar-refractivity contribution in [3.05, 3.63) is 23.9 Å². The molecule has 1 aromatic carbocycles. The average molecular weight is 299 g/mol. The summed E-state index contributed by atoms with van der Waals surface area (Å²) in [7, 11) is 1.55. The zero-order valence-corrected chi connectivity index (χ0v) is 11.1. The number of hydrogen-bond donors (Lipinski definition) is 1. The third kappa shape index (κ3) is 2.16. The summed E-state index contributed by atoms with van der Waals surface area (Å²) in [6.07, 6.45) is -3.24. The molecule has 1 aliphatic heterocycles.